The maximum Gasteiger partial charge on any atom is 0.160 e. The SMILES string of the molecule is CONC1CCc2c(ccc(O)c2O)C1. The van der Waals surface area contributed by atoms with Crippen LogP contribution in [0.3, 0.4) is 0 Å². The normalized spacial score (nSPS) is 19.9. The van der Waals surface area contributed by atoms with E-state index in [4.69, 9.17) is 4.84 Å². The largest absolute Gasteiger partial charge is 0.504 e. The van der Waals surface area contributed by atoms with E-state index in [2.05, 4.69) is 5.48 Å². The zero-order chi connectivity index (χ0) is 10.8. The highest BCUT2D eigenvalue weighted by Crippen LogP contribution is 2.35. The van der Waals surface area contributed by atoms with Crippen molar-refractivity contribution in [2.45, 2.75) is 25.3 Å². The van der Waals surface area contributed by atoms with E-state index >= 15 is 0 Å². The second-order valence-electron chi connectivity index (χ2n) is 3.83. The van der Waals surface area contributed by atoms with Crippen LogP contribution in [0.1, 0.15) is 17.5 Å². The minimum Gasteiger partial charge on any atom is -0.504 e. The molecule has 1 aliphatic carbocycles. The Morgan fingerprint density at radius 1 is 1.40 bits per heavy atom. The molecule has 0 bridgehead atoms. The zero-order valence-electron chi connectivity index (χ0n) is 8.66. The van der Waals surface area contributed by atoms with E-state index in [0.717, 1.165) is 30.4 Å². The molecule has 1 aromatic rings. The Bertz CT molecular complexity index is 365. The number of benzene rings is 1. The fourth-order valence-corrected chi connectivity index (χ4v) is 2.09. The van der Waals surface area contributed by atoms with Gasteiger partial charge in [-0.15, -0.1) is 0 Å². The van der Waals surface area contributed by atoms with Crippen molar-refractivity contribution in [3.8, 4) is 11.5 Å². The molecule has 0 aliphatic heterocycles. The number of aromatic hydroxyl groups is 2. The van der Waals surface area contributed by atoms with Gasteiger partial charge in [-0.25, -0.2) is 0 Å². The molecule has 1 aliphatic rings. The summed E-state index contributed by atoms with van der Waals surface area (Å²) < 4.78 is 0. The lowest BCUT2D eigenvalue weighted by Gasteiger charge is -2.25. The van der Waals surface area contributed by atoms with Gasteiger partial charge in [-0.3, -0.25) is 0 Å². The molecule has 82 valence electrons. The van der Waals surface area contributed by atoms with Crippen molar-refractivity contribution in [1.29, 1.82) is 0 Å². The van der Waals surface area contributed by atoms with E-state index in [9.17, 15) is 10.2 Å². The molecule has 15 heavy (non-hydrogen) atoms. The summed E-state index contributed by atoms with van der Waals surface area (Å²) in [5.74, 6) is -0.00438. The van der Waals surface area contributed by atoms with Crippen LogP contribution in [0.4, 0.5) is 0 Å². The highest BCUT2D eigenvalue weighted by atomic mass is 16.6. The molecule has 4 nitrogen and oxygen atoms in total. The Morgan fingerprint density at radius 2 is 2.20 bits per heavy atom. The molecule has 0 saturated carbocycles. The van der Waals surface area contributed by atoms with Gasteiger partial charge in [0.05, 0.1) is 7.11 Å². The summed E-state index contributed by atoms with van der Waals surface area (Å²) in [6.07, 6.45) is 2.48. The predicted octanol–water partition coefficient (Wildman–Crippen LogP) is 1.11. The fourth-order valence-electron chi connectivity index (χ4n) is 2.09. The first-order valence-corrected chi connectivity index (χ1v) is 5.03. The highest BCUT2D eigenvalue weighted by molar-refractivity contribution is 5.50. The van der Waals surface area contributed by atoms with Gasteiger partial charge >= 0.3 is 0 Å². The number of phenols is 2. The van der Waals surface area contributed by atoms with Crippen molar-refractivity contribution in [3.05, 3.63) is 23.3 Å². The van der Waals surface area contributed by atoms with Crippen LogP contribution in [0.5, 0.6) is 11.5 Å². The Balaban J connectivity index is 2.24. The monoisotopic (exact) mass is 209 g/mol. The number of hydrogen-bond acceptors (Lipinski definition) is 4. The van der Waals surface area contributed by atoms with Gasteiger partial charge in [0.1, 0.15) is 0 Å². The summed E-state index contributed by atoms with van der Waals surface area (Å²) in [4.78, 5) is 4.89. The maximum absolute atomic E-state index is 9.66. The van der Waals surface area contributed by atoms with Crippen LogP contribution in [0.2, 0.25) is 0 Å². The smallest absolute Gasteiger partial charge is 0.160 e. The van der Waals surface area contributed by atoms with E-state index in [1.54, 1.807) is 7.11 Å². The molecule has 2 rings (SSSR count). The van der Waals surface area contributed by atoms with E-state index < -0.39 is 0 Å². The van der Waals surface area contributed by atoms with Crippen molar-refractivity contribution in [2.75, 3.05) is 7.11 Å². The zero-order valence-corrected chi connectivity index (χ0v) is 8.66. The van der Waals surface area contributed by atoms with Crippen LogP contribution in [-0.2, 0) is 17.7 Å². The lowest BCUT2D eigenvalue weighted by atomic mass is 9.88. The van der Waals surface area contributed by atoms with Gasteiger partial charge in [0, 0.05) is 11.6 Å². The molecule has 0 heterocycles. The second kappa shape index (κ2) is 4.08. The average molecular weight is 209 g/mol. The molecule has 0 amide bonds. The van der Waals surface area contributed by atoms with Gasteiger partial charge in [-0.05, 0) is 30.9 Å². The third-order valence-electron chi connectivity index (χ3n) is 2.85. The Labute approximate surface area is 88.5 Å². The van der Waals surface area contributed by atoms with Crippen LogP contribution < -0.4 is 5.48 Å². The van der Waals surface area contributed by atoms with Gasteiger partial charge in [-0.2, -0.15) is 5.48 Å². The molecule has 0 radical (unpaired) electrons. The second-order valence-corrected chi connectivity index (χ2v) is 3.83. The molecule has 0 aromatic heterocycles. The number of hydroxylamine groups is 1. The van der Waals surface area contributed by atoms with Crippen LogP contribution in [0.15, 0.2) is 12.1 Å². The molecule has 3 N–H and O–H groups in total. The summed E-state index contributed by atoms with van der Waals surface area (Å²) in [6, 6.07) is 3.67. The molecule has 0 fully saturated rings. The van der Waals surface area contributed by atoms with E-state index in [1.807, 2.05) is 6.07 Å². The Morgan fingerprint density at radius 3 is 2.93 bits per heavy atom. The van der Waals surface area contributed by atoms with Crippen molar-refractivity contribution < 1.29 is 15.1 Å². The van der Waals surface area contributed by atoms with Gasteiger partial charge in [-0.1, -0.05) is 6.07 Å². The number of fused-ring (bicyclic) bond motifs is 1. The number of nitrogens with one attached hydrogen (secondary N) is 1. The minimum atomic E-state index is -0.0353. The molecule has 0 spiro atoms. The van der Waals surface area contributed by atoms with Gasteiger partial charge < -0.3 is 15.1 Å². The first-order valence-electron chi connectivity index (χ1n) is 5.03. The maximum atomic E-state index is 9.66. The molecule has 1 aromatic carbocycles. The molecule has 0 saturated heterocycles. The van der Waals surface area contributed by atoms with E-state index in [-0.39, 0.29) is 17.5 Å². The van der Waals surface area contributed by atoms with Crippen molar-refractivity contribution in [3.63, 3.8) is 0 Å². The van der Waals surface area contributed by atoms with Gasteiger partial charge in [0.25, 0.3) is 0 Å². The van der Waals surface area contributed by atoms with E-state index in [1.165, 1.54) is 6.07 Å². The molecule has 4 heteroatoms. The van der Waals surface area contributed by atoms with Crippen LogP contribution in [-0.4, -0.2) is 23.4 Å². The predicted molar refractivity (Wildman–Crippen MR) is 55.7 cm³/mol. The van der Waals surface area contributed by atoms with Gasteiger partial charge in [0.2, 0.25) is 0 Å². The first-order chi connectivity index (χ1) is 7.22. The minimum absolute atomic E-state index is 0.0309. The standard InChI is InChI=1S/C11H15NO3/c1-15-12-8-3-4-9-7(6-8)2-5-10(13)11(9)14/h2,5,8,12-14H,3-4,6H2,1H3. The molecular weight excluding hydrogens is 194 g/mol. The molecule has 1 unspecified atom stereocenters. The Hall–Kier alpha value is -1.26. The van der Waals surface area contributed by atoms with Gasteiger partial charge in [0.15, 0.2) is 11.5 Å². The highest BCUT2D eigenvalue weighted by Gasteiger charge is 2.22. The molecular formula is C11H15NO3. The lowest BCUT2D eigenvalue weighted by molar-refractivity contribution is 0.0564. The lowest BCUT2D eigenvalue weighted by Crippen LogP contribution is -2.33. The van der Waals surface area contributed by atoms with Crippen LogP contribution >= 0.6 is 0 Å². The number of rotatable bonds is 2. The number of hydrogen-bond donors (Lipinski definition) is 3. The van der Waals surface area contributed by atoms with Crippen LogP contribution in [0, 0.1) is 0 Å². The van der Waals surface area contributed by atoms with Crippen LogP contribution in [0.25, 0.3) is 0 Å². The first kappa shape index (κ1) is 10.3. The summed E-state index contributed by atoms with van der Waals surface area (Å²) in [7, 11) is 1.60. The summed E-state index contributed by atoms with van der Waals surface area (Å²) in [5, 5.41) is 19.0. The van der Waals surface area contributed by atoms with Crippen molar-refractivity contribution in [2.24, 2.45) is 0 Å². The topological polar surface area (TPSA) is 61.7 Å². The summed E-state index contributed by atoms with van der Waals surface area (Å²) in [6.45, 7) is 0. The average Bonchev–Trinajstić information content (AvgIpc) is 2.24. The fraction of sp³-hybridized carbons (Fsp3) is 0.455. The Kier molecular flexibility index (Phi) is 2.79. The summed E-state index contributed by atoms with van der Waals surface area (Å²) >= 11 is 0. The summed E-state index contributed by atoms with van der Waals surface area (Å²) in [5.41, 5.74) is 4.86. The van der Waals surface area contributed by atoms with Crippen molar-refractivity contribution in [1.82, 2.24) is 5.48 Å². The molecule has 1 atom stereocenters. The third-order valence-corrected chi connectivity index (χ3v) is 2.85. The quantitative estimate of drug-likeness (QED) is 0.504. The van der Waals surface area contributed by atoms with Crippen molar-refractivity contribution >= 4 is 0 Å². The third kappa shape index (κ3) is 1.91. The number of phenolic OH excluding ortho intramolecular Hbond substituents is 2. The van der Waals surface area contributed by atoms with E-state index in [0.29, 0.717) is 0 Å².